The van der Waals surface area contributed by atoms with Gasteiger partial charge >= 0.3 is 5.97 Å². The number of hydrogen-bond acceptors (Lipinski definition) is 3. The number of carbonyl (C=O) groups excluding carboxylic acids is 1. The molecule has 0 aliphatic heterocycles. The zero-order valence-corrected chi connectivity index (χ0v) is 12.6. The van der Waals surface area contributed by atoms with Crippen molar-refractivity contribution in [1.82, 2.24) is 0 Å². The molecule has 0 amide bonds. The summed E-state index contributed by atoms with van der Waals surface area (Å²) >= 11 is 0. The van der Waals surface area contributed by atoms with Gasteiger partial charge in [0.25, 0.3) is 0 Å². The van der Waals surface area contributed by atoms with E-state index < -0.39 is 11.6 Å². The summed E-state index contributed by atoms with van der Waals surface area (Å²) in [6, 6.07) is 15.2. The standard InChI is InChI=1S/C18H20O3/c1-13-4-8-16(9-5-13)18(20,12-21-15(3)19)17-10-6-14(2)7-11-17/h4-11,20H,12H2,1-3H3. The second-order valence-electron chi connectivity index (χ2n) is 5.37. The third-order valence-electron chi connectivity index (χ3n) is 3.54. The molecule has 0 aliphatic rings. The van der Waals surface area contributed by atoms with Gasteiger partial charge < -0.3 is 9.84 Å². The van der Waals surface area contributed by atoms with Crippen LogP contribution in [0.25, 0.3) is 0 Å². The minimum atomic E-state index is -1.34. The summed E-state index contributed by atoms with van der Waals surface area (Å²) < 4.78 is 5.09. The van der Waals surface area contributed by atoms with Crippen molar-refractivity contribution in [3.63, 3.8) is 0 Å². The Balaban J connectivity index is 2.44. The van der Waals surface area contributed by atoms with Gasteiger partial charge in [0.05, 0.1) is 0 Å². The Morgan fingerprint density at radius 2 is 1.33 bits per heavy atom. The van der Waals surface area contributed by atoms with Crippen molar-refractivity contribution < 1.29 is 14.6 Å². The Morgan fingerprint density at radius 3 is 1.67 bits per heavy atom. The van der Waals surface area contributed by atoms with Crippen molar-refractivity contribution >= 4 is 5.97 Å². The predicted octanol–water partition coefficient (Wildman–Crippen LogP) is 3.10. The first kappa shape index (κ1) is 15.3. The molecule has 0 bridgehead atoms. The van der Waals surface area contributed by atoms with Crippen LogP contribution < -0.4 is 0 Å². The third-order valence-corrected chi connectivity index (χ3v) is 3.54. The van der Waals surface area contributed by atoms with Crippen LogP contribution in [-0.4, -0.2) is 17.7 Å². The maximum atomic E-state index is 11.1. The van der Waals surface area contributed by atoms with Gasteiger partial charge in [-0.3, -0.25) is 4.79 Å². The number of hydrogen-bond donors (Lipinski definition) is 1. The SMILES string of the molecule is CC(=O)OCC(O)(c1ccc(C)cc1)c1ccc(C)cc1. The molecule has 110 valence electrons. The zero-order chi connectivity index (χ0) is 15.5. The number of aryl methyl sites for hydroxylation is 2. The first-order valence-electron chi connectivity index (χ1n) is 6.92. The largest absolute Gasteiger partial charge is 0.462 e. The Kier molecular flexibility index (Phi) is 4.43. The van der Waals surface area contributed by atoms with Gasteiger partial charge in [0.15, 0.2) is 0 Å². The number of benzene rings is 2. The topological polar surface area (TPSA) is 46.5 Å². The summed E-state index contributed by atoms with van der Waals surface area (Å²) in [5.41, 5.74) is 2.29. The molecule has 0 aliphatic carbocycles. The molecule has 3 heteroatoms. The highest BCUT2D eigenvalue weighted by atomic mass is 16.5. The monoisotopic (exact) mass is 284 g/mol. The molecule has 0 radical (unpaired) electrons. The van der Waals surface area contributed by atoms with E-state index in [0.29, 0.717) is 11.1 Å². The summed E-state index contributed by atoms with van der Waals surface area (Å²) in [6.45, 7) is 5.21. The maximum absolute atomic E-state index is 11.1. The Morgan fingerprint density at radius 1 is 0.952 bits per heavy atom. The van der Waals surface area contributed by atoms with E-state index in [1.165, 1.54) is 6.92 Å². The molecule has 0 unspecified atom stereocenters. The molecule has 2 aromatic rings. The van der Waals surface area contributed by atoms with Crippen LogP contribution in [0, 0.1) is 13.8 Å². The number of esters is 1. The van der Waals surface area contributed by atoms with Gasteiger partial charge in [0.2, 0.25) is 0 Å². The van der Waals surface area contributed by atoms with Gasteiger partial charge in [-0.2, -0.15) is 0 Å². The summed E-state index contributed by atoms with van der Waals surface area (Å²) in [4.78, 5) is 11.1. The molecule has 0 aromatic heterocycles. The van der Waals surface area contributed by atoms with E-state index in [0.717, 1.165) is 11.1 Å². The molecule has 3 nitrogen and oxygen atoms in total. The van der Waals surface area contributed by atoms with Crippen molar-refractivity contribution in [2.45, 2.75) is 26.4 Å². The Bertz CT molecular complexity index is 566. The summed E-state index contributed by atoms with van der Waals surface area (Å²) in [5.74, 6) is -0.410. The summed E-state index contributed by atoms with van der Waals surface area (Å²) in [5, 5.41) is 11.1. The fourth-order valence-electron chi connectivity index (χ4n) is 2.20. The second kappa shape index (κ2) is 6.10. The van der Waals surface area contributed by atoms with E-state index in [2.05, 4.69) is 0 Å². The van der Waals surface area contributed by atoms with Crippen molar-refractivity contribution in [1.29, 1.82) is 0 Å². The van der Waals surface area contributed by atoms with E-state index in [1.54, 1.807) is 0 Å². The van der Waals surface area contributed by atoms with E-state index >= 15 is 0 Å². The van der Waals surface area contributed by atoms with Crippen LogP contribution in [0.15, 0.2) is 48.5 Å². The molecule has 0 atom stereocenters. The van der Waals surface area contributed by atoms with E-state index in [1.807, 2.05) is 62.4 Å². The van der Waals surface area contributed by atoms with Crippen LogP contribution in [-0.2, 0) is 15.1 Å². The summed E-state index contributed by atoms with van der Waals surface area (Å²) in [7, 11) is 0. The molecule has 0 heterocycles. The van der Waals surface area contributed by atoms with Crippen molar-refractivity contribution in [3.05, 3.63) is 70.8 Å². The van der Waals surface area contributed by atoms with Crippen LogP contribution in [0.1, 0.15) is 29.2 Å². The molecular weight excluding hydrogens is 264 g/mol. The molecule has 1 N–H and O–H groups in total. The van der Waals surface area contributed by atoms with E-state index in [-0.39, 0.29) is 6.61 Å². The number of aliphatic hydroxyl groups is 1. The Labute approximate surface area is 125 Å². The molecule has 0 saturated heterocycles. The van der Waals surface area contributed by atoms with Gasteiger partial charge in [0.1, 0.15) is 12.2 Å². The third kappa shape index (κ3) is 3.50. The fourth-order valence-corrected chi connectivity index (χ4v) is 2.20. The lowest BCUT2D eigenvalue weighted by molar-refractivity contribution is -0.147. The fraction of sp³-hybridized carbons (Fsp3) is 0.278. The normalized spacial score (nSPS) is 11.2. The lowest BCUT2D eigenvalue weighted by atomic mass is 9.86. The molecular formula is C18H20O3. The number of rotatable bonds is 4. The highest BCUT2D eigenvalue weighted by Crippen LogP contribution is 2.30. The number of ether oxygens (including phenoxy) is 1. The van der Waals surface area contributed by atoms with Gasteiger partial charge in [0, 0.05) is 6.92 Å². The first-order chi connectivity index (χ1) is 9.91. The van der Waals surface area contributed by atoms with Crippen LogP contribution in [0.2, 0.25) is 0 Å². The first-order valence-corrected chi connectivity index (χ1v) is 6.92. The maximum Gasteiger partial charge on any atom is 0.302 e. The van der Waals surface area contributed by atoms with Crippen LogP contribution in [0.3, 0.4) is 0 Å². The highest BCUT2D eigenvalue weighted by Gasteiger charge is 2.33. The van der Waals surface area contributed by atoms with Gasteiger partial charge in [-0.05, 0) is 25.0 Å². The van der Waals surface area contributed by atoms with Gasteiger partial charge in [-0.15, -0.1) is 0 Å². The smallest absolute Gasteiger partial charge is 0.302 e. The van der Waals surface area contributed by atoms with Crippen LogP contribution >= 0.6 is 0 Å². The highest BCUT2D eigenvalue weighted by molar-refractivity contribution is 5.66. The second-order valence-corrected chi connectivity index (χ2v) is 5.37. The Hall–Kier alpha value is -2.13. The molecule has 21 heavy (non-hydrogen) atoms. The minimum absolute atomic E-state index is 0.103. The van der Waals surface area contributed by atoms with Crippen LogP contribution in [0.4, 0.5) is 0 Å². The van der Waals surface area contributed by atoms with E-state index in [4.69, 9.17) is 4.74 Å². The molecule has 2 rings (SSSR count). The minimum Gasteiger partial charge on any atom is -0.462 e. The average Bonchev–Trinajstić information content (AvgIpc) is 2.46. The van der Waals surface area contributed by atoms with Gasteiger partial charge in [-0.1, -0.05) is 59.7 Å². The lowest BCUT2D eigenvalue weighted by Crippen LogP contribution is -2.34. The van der Waals surface area contributed by atoms with Crippen molar-refractivity contribution in [2.24, 2.45) is 0 Å². The van der Waals surface area contributed by atoms with Crippen molar-refractivity contribution in [2.75, 3.05) is 6.61 Å². The molecule has 0 spiro atoms. The van der Waals surface area contributed by atoms with Crippen molar-refractivity contribution in [3.8, 4) is 0 Å². The predicted molar refractivity (Wildman–Crippen MR) is 82.0 cm³/mol. The lowest BCUT2D eigenvalue weighted by Gasteiger charge is -2.29. The van der Waals surface area contributed by atoms with Crippen LogP contribution in [0.5, 0.6) is 0 Å². The quantitative estimate of drug-likeness (QED) is 0.878. The molecule has 0 fully saturated rings. The van der Waals surface area contributed by atoms with E-state index in [9.17, 15) is 9.90 Å². The average molecular weight is 284 g/mol. The zero-order valence-electron chi connectivity index (χ0n) is 12.6. The molecule has 0 saturated carbocycles. The summed E-state index contributed by atoms with van der Waals surface area (Å²) in [6.07, 6.45) is 0. The van der Waals surface area contributed by atoms with Gasteiger partial charge in [-0.25, -0.2) is 0 Å². The number of carbonyl (C=O) groups is 1. The molecule has 2 aromatic carbocycles.